The van der Waals surface area contributed by atoms with Crippen molar-refractivity contribution in [1.29, 1.82) is 0 Å². The topological polar surface area (TPSA) is 100.0 Å². The molecule has 9 heteroatoms. The molecule has 0 amide bonds. The lowest BCUT2D eigenvalue weighted by Gasteiger charge is -2.08. The van der Waals surface area contributed by atoms with E-state index >= 15 is 0 Å². The lowest BCUT2D eigenvalue weighted by Crippen LogP contribution is -2.11. The standard InChI is InChI=1S/C21H26N4O3S2/c1-5-9-24-14(3)11-17(15(24)4)20(26)13-29-21-23-18-12-16(30(22,27)28)7-8-19(18)25(21)10-6-2/h5,7-8,11-12H,1,6,9-10,13H2,2-4H3,(H2,22,27,28). The van der Waals surface area contributed by atoms with E-state index in [2.05, 4.69) is 23.1 Å². The SMILES string of the molecule is C=CCn1c(C)cc(C(=O)CSc2nc3cc(S(N)(=O)=O)ccc3n2CCC)c1C. The summed E-state index contributed by atoms with van der Waals surface area (Å²) in [6.07, 6.45) is 2.69. The summed E-state index contributed by atoms with van der Waals surface area (Å²) < 4.78 is 27.4. The van der Waals surface area contributed by atoms with E-state index in [1.807, 2.05) is 30.6 Å². The molecule has 0 aliphatic carbocycles. The molecule has 160 valence electrons. The number of nitrogens with zero attached hydrogens (tertiary/aromatic N) is 3. The van der Waals surface area contributed by atoms with Gasteiger partial charge in [-0.2, -0.15) is 0 Å². The lowest BCUT2D eigenvalue weighted by molar-refractivity contribution is 0.102. The Kier molecular flexibility index (Phi) is 6.54. The van der Waals surface area contributed by atoms with Crippen LogP contribution in [0, 0.1) is 13.8 Å². The van der Waals surface area contributed by atoms with Gasteiger partial charge in [-0.15, -0.1) is 6.58 Å². The van der Waals surface area contributed by atoms with Crippen LogP contribution >= 0.6 is 11.8 Å². The van der Waals surface area contributed by atoms with Crippen molar-refractivity contribution in [1.82, 2.24) is 14.1 Å². The fourth-order valence-corrected chi connectivity index (χ4v) is 4.97. The van der Waals surface area contributed by atoms with E-state index in [0.29, 0.717) is 22.8 Å². The number of hydrogen-bond acceptors (Lipinski definition) is 5. The number of ketones is 1. The molecule has 0 fully saturated rings. The highest BCUT2D eigenvalue weighted by atomic mass is 32.2. The molecule has 1 aromatic carbocycles. The maximum absolute atomic E-state index is 12.9. The van der Waals surface area contributed by atoms with Gasteiger partial charge in [0.2, 0.25) is 10.0 Å². The van der Waals surface area contributed by atoms with Crippen molar-refractivity contribution < 1.29 is 13.2 Å². The summed E-state index contributed by atoms with van der Waals surface area (Å²) in [5.41, 5.74) is 4.03. The second-order valence-corrected chi connectivity index (χ2v) is 9.64. The number of primary sulfonamides is 1. The highest BCUT2D eigenvalue weighted by Crippen LogP contribution is 2.27. The molecule has 0 radical (unpaired) electrons. The Morgan fingerprint density at radius 3 is 2.63 bits per heavy atom. The zero-order chi connectivity index (χ0) is 22.1. The smallest absolute Gasteiger partial charge is 0.238 e. The minimum atomic E-state index is -3.80. The molecule has 0 unspecified atom stereocenters. The number of thioether (sulfide) groups is 1. The fraction of sp³-hybridized carbons (Fsp3) is 0.333. The zero-order valence-corrected chi connectivity index (χ0v) is 19.0. The van der Waals surface area contributed by atoms with Crippen LogP contribution in [0.4, 0.5) is 0 Å². The normalized spacial score (nSPS) is 11.9. The summed E-state index contributed by atoms with van der Waals surface area (Å²) in [4.78, 5) is 17.5. The summed E-state index contributed by atoms with van der Waals surface area (Å²) in [6, 6.07) is 6.59. The van der Waals surface area contributed by atoms with Crippen molar-refractivity contribution >= 4 is 38.6 Å². The van der Waals surface area contributed by atoms with Gasteiger partial charge in [-0.1, -0.05) is 24.8 Å². The van der Waals surface area contributed by atoms with E-state index in [1.165, 1.54) is 23.9 Å². The number of fused-ring (bicyclic) bond motifs is 1. The third-order valence-electron chi connectivity index (χ3n) is 4.98. The molecule has 0 saturated carbocycles. The lowest BCUT2D eigenvalue weighted by atomic mass is 10.2. The number of benzene rings is 1. The zero-order valence-electron chi connectivity index (χ0n) is 17.4. The number of nitrogens with two attached hydrogens (primary N) is 1. The molecular formula is C21H26N4O3S2. The quantitative estimate of drug-likeness (QED) is 0.307. The van der Waals surface area contributed by atoms with E-state index < -0.39 is 10.0 Å². The van der Waals surface area contributed by atoms with Gasteiger partial charge in [0.05, 0.1) is 21.7 Å². The Morgan fingerprint density at radius 2 is 2.00 bits per heavy atom. The number of aromatic nitrogens is 3. The number of imidazole rings is 1. The summed E-state index contributed by atoms with van der Waals surface area (Å²) in [5.74, 6) is 0.275. The molecule has 3 rings (SSSR count). The van der Waals surface area contributed by atoms with Gasteiger partial charge in [-0.3, -0.25) is 4.79 Å². The van der Waals surface area contributed by atoms with Gasteiger partial charge < -0.3 is 9.13 Å². The van der Waals surface area contributed by atoms with Crippen LogP contribution in [0.15, 0.2) is 47.0 Å². The maximum atomic E-state index is 12.9. The van der Waals surface area contributed by atoms with E-state index in [4.69, 9.17) is 5.14 Å². The molecule has 0 atom stereocenters. The number of carbonyl (C=O) groups is 1. The first-order valence-electron chi connectivity index (χ1n) is 9.64. The largest absolute Gasteiger partial charge is 0.345 e. The number of rotatable bonds is 9. The van der Waals surface area contributed by atoms with Crippen LogP contribution in [0.5, 0.6) is 0 Å². The third kappa shape index (κ3) is 4.38. The van der Waals surface area contributed by atoms with Gasteiger partial charge in [-0.05, 0) is 44.5 Å². The van der Waals surface area contributed by atoms with E-state index in [-0.39, 0.29) is 16.4 Å². The molecule has 0 aliphatic heterocycles. The molecular weight excluding hydrogens is 420 g/mol. The van der Waals surface area contributed by atoms with Crippen LogP contribution in [0.3, 0.4) is 0 Å². The van der Waals surface area contributed by atoms with E-state index in [1.54, 1.807) is 6.07 Å². The van der Waals surface area contributed by atoms with Crippen molar-refractivity contribution in [3.63, 3.8) is 0 Å². The number of Topliss-reactive ketones (excluding diaryl/α,β-unsaturated/α-hetero) is 1. The average molecular weight is 447 g/mol. The van der Waals surface area contributed by atoms with Crippen LogP contribution in [-0.4, -0.2) is 34.1 Å². The van der Waals surface area contributed by atoms with Crippen LogP contribution in [0.1, 0.15) is 35.1 Å². The molecule has 30 heavy (non-hydrogen) atoms. The van der Waals surface area contributed by atoms with Gasteiger partial charge in [0.15, 0.2) is 10.9 Å². The van der Waals surface area contributed by atoms with Gasteiger partial charge in [0, 0.05) is 30.0 Å². The summed E-state index contributed by atoms with van der Waals surface area (Å²) in [7, 11) is -3.80. The van der Waals surface area contributed by atoms with Crippen LogP contribution in [-0.2, 0) is 23.1 Å². The molecule has 7 nitrogen and oxygen atoms in total. The Morgan fingerprint density at radius 1 is 1.27 bits per heavy atom. The minimum absolute atomic E-state index is 0.0263. The van der Waals surface area contributed by atoms with Crippen molar-refractivity contribution in [2.75, 3.05) is 5.75 Å². The predicted octanol–water partition coefficient (Wildman–Crippen LogP) is 3.67. The summed E-state index contributed by atoms with van der Waals surface area (Å²) in [6.45, 7) is 11.1. The maximum Gasteiger partial charge on any atom is 0.238 e. The number of hydrogen-bond donors (Lipinski definition) is 1. The molecule has 0 spiro atoms. The molecule has 0 aliphatic rings. The second-order valence-electron chi connectivity index (χ2n) is 7.14. The second kappa shape index (κ2) is 8.79. The third-order valence-corrected chi connectivity index (χ3v) is 6.87. The van der Waals surface area contributed by atoms with Gasteiger partial charge in [0.25, 0.3) is 0 Å². The molecule has 2 N–H and O–H groups in total. The van der Waals surface area contributed by atoms with E-state index in [0.717, 1.165) is 29.9 Å². The van der Waals surface area contributed by atoms with Crippen molar-refractivity contribution in [3.05, 3.63) is 53.9 Å². The predicted molar refractivity (Wildman–Crippen MR) is 121 cm³/mol. The van der Waals surface area contributed by atoms with Crippen LogP contribution < -0.4 is 5.14 Å². The fourth-order valence-electron chi connectivity index (χ4n) is 3.52. The monoisotopic (exact) mass is 446 g/mol. The van der Waals surface area contributed by atoms with Crippen molar-refractivity contribution in [2.45, 2.75) is 50.3 Å². The summed E-state index contributed by atoms with van der Waals surface area (Å²) >= 11 is 1.36. The molecule has 2 aromatic heterocycles. The van der Waals surface area contributed by atoms with Gasteiger partial charge >= 0.3 is 0 Å². The summed E-state index contributed by atoms with van der Waals surface area (Å²) in [5, 5.41) is 5.93. The van der Waals surface area contributed by atoms with Crippen molar-refractivity contribution in [3.8, 4) is 0 Å². The minimum Gasteiger partial charge on any atom is -0.345 e. The molecule has 3 aromatic rings. The van der Waals surface area contributed by atoms with E-state index in [9.17, 15) is 13.2 Å². The number of sulfonamides is 1. The first kappa shape index (κ1) is 22.3. The van der Waals surface area contributed by atoms with Gasteiger partial charge in [0.1, 0.15) is 0 Å². The molecule has 2 heterocycles. The Balaban J connectivity index is 1.90. The average Bonchev–Trinajstić information content (AvgIpc) is 3.17. The van der Waals surface area contributed by atoms with Crippen LogP contribution in [0.25, 0.3) is 11.0 Å². The van der Waals surface area contributed by atoms with Crippen LogP contribution in [0.2, 0.25) is 0 Å². The van der Waals surface area contributed by atoms with Gasteiger partial charge in [-0.25, -0.2) is 18.5 Å². The Labute approximate surface area is 181 Å². The first-order chi connectivity index (χ1) is 14.2. The Bertz CT molecular complexity index is 1220. The van der Waals surface area contributed by atoms with Crippen molar-refractivity contribution in [2.24, 2.45) is 5.14 Å². The first-order valence-corrected chi connectivity index (χ1v) is 12.2. The highest BCUT2D eigenvalue weighted by molar-refractivity contribution is 7.99. The highest BCUT2D eigenvalue weighted by Gasteiger charge is 2.19. The number of carbonyl (C=O) groups excluding carboxylic acids is 1. The number of allylic oxidation sites excluding steroid dienone is 1. The Hall–Kier alpha value is -2.36. The number of aryl methyl sites for hydroxylation is 2. The molecule has 0 bridgehead atoms. The molecule has 0 saturated heterocycles.